The fraction of sp³-hybridized carbons (Fsp3) is 0.769. The van der Waals surface area contributed by atoms with Gasteiger partial charge in [0.15, 0.2) is 5.82 Å². The molecule has 0 radical (unpaired) electrons. The number of hydrogen-bond donors (Lipinski definition) is 1. The molecule has 19 heavy (non-hydrogen) atoms. The summed E-state index contributed by atoms with van der Waals surface area (Å²) in [5.74, 6) is 1.99. The second-order valence-electron chi connectivity index (χ2n) is 5.21. The van der Waals surface area contributed by atoms with Crippen LogP contribution in [0.2, 0.25) is 0 Å². The summed E-state index contributed by atoms with van der Waals surface area (Å²) in [6, 6.07) is 0. The van der Waals surface area contributed by atoms with Crippen molar-refractivity contribution >= 4 is 17.7 Å². The van der Waals surface area contributed by atoms with E-state index in [0.29, 0.717) is 17.5 Å². The first kappa shape index (κ1) is 16.0. The van der Waals surface area contributed by atoms with Gasteiger partial charge in [0.2, 0.25) is 5.89 Å². The highest BCUT2D eigenvalue weighted by Gasteiger charge is 2.38. The summed E-state index contributed by atoms with van der Waals surface area (Å²) in [6.45, 7) is 7.62. The lowest BCUT2D eigenvalue weighted by Gasteiger charge is -2.27. The standard InChI is InChI=1S/C13H22N2O3S/c1-5-6-19-8-10-14-11(18-15-10)7-13(4,9(2)3)12(16)17/h9H,5-8H2,1-4H3,(H,16,17). The molecule has 1 aromatic heterocycles. The van der Waals surface area contributed by atoms with Gasteiger partial charge in [0.25, 0.3) is 0 Å². The van der Waals surface area contributed by atoms with Crippen LogP contribution in [0.5, 0.6) is 0 Å². The third kappa shape index (κ3) is 4.23. The summed E-state index contributed by atoms with van der Waals surface area (Å²) in [4.78, 5) is 15.7. The van der Waals surface area contributed by atoms with E-state index in [-0.39, 0.29) is 12.3 Å². The molecule has 0 amide bonds. The number of aromatic nitrogens is 2. The van der Waals surface area contributed by atoms with Gasteiger partial charge in [-0.05, 0) is 25.0 Å². The number of nitrogens with zero attached hydrogens (tertiary/aromatic N) is 2. The first-order valence-electron chi connectivity index (χ1n) is 6.52. The van der Waals surface area contributed by atoms with Crippen molar-refractivity contribution < 1.29 is 14.4 Å². The molecule has 1 aromatic rings. The van der Waals surface area contributed by atoms with Gasteiger partial charge in [0, 0.05) is 6.42 Å². The Morgan fingerprint density at radius 2 is 2.21 bits per heavy atom. The van der Waals surface area contributed by atoms with Crippen LogP contribution in [0.1, 0.15) is 45.8 Å². The predicted molar refractivity (Wildman–Crippen MR) is 75.0 cm³/mol. The number of carbonyl (C=O) groups is 1. The van der Waals surface area contributed by atoms with Crippen LogP contribution >= 0.6 is 11.8 Å². The first-order chi connectivity index (χ1) is 8.90. The topological polar surface area (TPSA) is 76.2 Å². The zero-order valence-corrected chi connectivity index (χ0v) is 12.8. The van der Waals surface area contributed by atoms with Gasteiger partial charge in [-0.3, -0.25) is 4.79 Å². The van der Waals surface area contributed by atoms with E-state index < -0.39 is 11.4 Å². The minimum atomic E-state index is -0.875. The van der Waals surface area contributed by atoms with Crippen molar-refractivity contribution in [2.45, 2.75) is 46.3 Å². The maximum atomic E-state index is 11.4. The van der Waals surface area contributed by atoms with E-state index in [1.54, 1.807) is 18.7 Å². The average Bonchev–Trinajstić information content (AvgIpc) is 2.76. The van der Waals surface area contributed by atoms with Gasteiger partial charge in [-0.1, -0.05) is 25.9 Å². The first-order valence-corrected chi connectivity index (χ1v) is 7.68. The van der Waals surface area contributed by atoms with E-state index in [4.69, 9.17) is 4.52 Å². The SMILES string of the molecule is CCCSCc1noc(CC(C)(C(=O)O)C(C)C)n1. The largest absolute Gasteiger partial charge is 0.481 e. The minimum Gasteiger partial charge on any atom is -0.481 e. The zero-order valence-electron chi connectivity index (χ0n) is 12.0. The molecule has 0 spiro atoms. The van der Waals surface area contributed by atoms with Crippen LogP contribution < -0.4 is 0 Å². The molecule has 1 atom stereocenters. The fourth-order valence-corrected chi connectivity index (χ4v) is 2.30. The quantitative estimate of drug-likeness (QED) is 0.740. The van der Waals surface area contributed by atoms with Crippen molar-refractivity contribution in [2.24, 2.45) is 11.3 Å². The van der Waals surface area contributed by atoms with Crippen LogP contribution in [-0.4, -0.2) is 27.0 Å². The molecule has 0 bridgehead atoms. The Bertz CT molecular complexity index is 420. The summed E-state index contributed by atoms with van der Waals surface area (Å²) in [5, 5.41) is 13.2. The summed E-state index contributed by atoms with van der Waals surface area (Å²) in [7, 11) is 0. The van der Waals surface area contributed by atoms with Gasteiger partial charge in [0.05, 0.1) is 11.2 Å². The lowest BCUT2D eigenvalue weighted by Crippen LogP contribution is -2.35. The van der Waals surface area contributed by atoms with Crippen LogP contribution in [0.15, 0.2) is 4.52 Å². The number of carboxylic acid groups (broad SMARTS) is 1. The molecule has 0 saturated carbocycles. The lowest BCUT2D eigenvalue weighted by molar-refractivity contribution is -0.150. The molecule has 1 unspecified atom stereocenters. The smallest absolute Gasteiger partial charge is 0.310 e. The number of thioether (sulfide) groups is 1. The molecule has 1 rings (SSSR count). The van der Waals surface area contributed by atoms with E-state index in [0.717, 1.165) is 12.2 Å². The van der Waals surface area contributed by atoms with E-state index in [1.807, 2.05) is 13.8 Å². The Balaban J connectivity index is 2.68. The molecule has 0 aliphatic carbocycles. The Morgan fingerprint density at radius 3 is 2.74 bits per heavy atom. The number of hydrogen-bond acceptors (Lipinski definition) is 5. The molecular formula is C13H22N2O3S. The molecule has 0 aromatic carbocycles. The van der Waals surface area contributed by atoms with Gasteiger partial charge in [0.1, 0.15) is 0 Å². The molecule has 108 valence electrons. The lowest BCUT2D eigenvalue weighted by atomic mass is 9.76. The monoisotopic (exact) mass is 286 g/mol. The second kappa shape index (κ2) is 6.93. The van der Waals surface area contributed by atoms with Crippen LogP contribution in [0.3, 0.4) is 0 Å². The van der Waals surface area contributed by atoms with Crippen LogP contribution in [0.4, 0.5) is 0 Å². The van der Waals surface area contributed by atoms with E-state index >= 15 is 0 Å². The highest BCUT2D eigenvalue weighted by Crippen LogP contribution is 2.31. The zero-order chi connectivity index (χ0) is 14.5. The second-order valence-corrected chi connectivity index (χ2v) is 6.32. The average molecular weight is 286 g/mol. The Labute approximate surface area is 118 Å². The molecule has 0 saturated heterocycles. The molecule has 0 aliphatic heterocycles. The summed E-state index contributed by atoms with van der Waals surface area (Å²) in [5.41, 5.74) is -0.875. The van der Waals surface area contributed by atoms with Crippen LogP contribution in [0.25, 0.3) is 0 Å². The van der Waals surface area contributed by atoms with Crippen molar-refractivity contribution in [2.75, 3.05) is 5.75 Å². The van der Waals surface area contributed by atoms with Crippen molar-refractivity contribution in [3.05, 3.63) is 11.7 Å². The molecule has 0 fully saturated rings. The Morgan fingerprint density at radius 1 is 1.53 bits per heavy atom. The van der Waals surface area contributed by atoms with Gasteiger partial charge in [-0.2, -0.15) is 16.7 Å². The maximum Gasteiger partial charge on any atom is 0.310 e. The van der Waals surface area contributed by atoms with Crippen molar-refractivity contribution in [1.29, 1.82) is 0 Å². The predicted octanol–water partition coefficient (Wildman–Crippen LogP) is 3.00. The van der Waals surface area contributed by atoms with E-state index in [1.165, 1.54) is 0 Å². The maximum absolute atomic E-state index is 11.4. The molecule has 5 nitrogen and oxygen atoms in total. The van der Waals surface area contributed by atoms with Crippen molar-refractivity contribution in [3.63, 3.8) is 0 Å². The van der Waals surface area contributed by atoms with Gasteiger partial charge < -0.3 is 9.63 Å². The molecule has 6 heteroatoms. The van der Waals surface area contributed by atoms with Crippen LogP contribution in [0, 0.1) is 11.3 Å². The van der Waals surface area contributed by atoms with Gasteiger partial charge in [-0.25, -0.2) is 0 Å². The van der Waals surface area contributed by atoms with Gasteiger partial charge in [-0.15, -0.1) is 0 Å². The number of carboxylic acids is 1. The normalized spacial score (nSPS) is 14.6. The fourth-order valence-electron chi connectivity index (χ4n) is 1.57. The molecule has 1 N–H and O–H groups in total. The third-order valence-corrected chi connectivity index (χ3v) is 4.53. The van der Waals surface area contributed by atoms with Gasteiger partial charge >= 0.3 is 5.97 Å². The number of rotatable bonds is 8. The summed E-state index contributed by atoms with van der Waals surface area (Å²) < 4.78 is 5.15. The molecular weight excluding hydrogens is 264 g/mol. The van der Waals surface area contributed by atoms with Crippen LogP contribution in [-0.2, 0) is 17.0 Å². The molecule has 1 heterocycles. The van der Waals surface area contributed by atoms with E-state index in [9.17, 15) is 9.90 Å². The highest BCUT2D eigenvalue weighted by molar-refractivity contribution is 7.98. The Hall–Kier alpha value is -1.04. The highest BCUT2D eigenvalue weighted by atomic mass is 32.2. The van der Waals surface area contributed by atoms with Crippen molar-refractivity contribution in [1.82, 2.24) is 10.1 Å². The minimum absolute atomic E-state index is 0.00480. The van der Waals surface area contributed by atoms with E-state index in [2.05, 4.69) is 17.1 Å². The Kier molecular flexibility index (Phi) is 5.85. The third-order valence-electron chi connectivity index (χ3n) is 3.37. The summed E-state index contributed by atoms with van der Waals surface area (Å²) >= 11 is 1.75. The molecule has 0 aliphatic rings. The summed E-state index contributed by atoms with van der Waals surface area (Å²) in [6.07, 6.45) is 1.38. The number of aliphatic carboxylic acids is 1. The van der Waals surface area contributed by atoms with Crippen molar-refractivity contribution in [3.8, 4) is 0 Å².